The molecule has 2 rings (SSSR count). The summed E-state index contributed by atoms with van der Waals surface area (Å²) in [4.78, 5) is 24.8. The molecule has 1 aromatic heterocycles. The predicted molar refractivity (Wildman–Crippen MR) is 66.1 cm³/mol. The number of nitrogens with two attached hydrogens (primary N) is 1. The molecule has 0 aliphatic heterocycles. The van der Waals surface area contributed by atoms with Gasteiger partial charge in [-0.15, -0.1) is 0 Å². The Kier molecular flexibility index (Phi) is 3.18. The topological polar surface area (TPSA) is 108 Å². The number of H-pyrrole nitrogens is 1. The quantitative estimate of drug-likeness (QED) is 0.642. The summed E-state index contributed by atoms with van der Waals surface area (Å²) in [5.74, 6) is -1.11. The normalized spacial score (nSPS) is 12.2. The number of rotatable bonds is 4. The van der Waals surface area contributed by atoms with Crippen LogP contribution in [-0.4, -0.2) is 28.1 Å². The average molecular weight is 247 g/mol. The van der Waals surface area contributed by atoms with Crippen LogP contribution in [0.15, 0.2) is 30.5 Å². The van der Waals surface area contributed by atoms with E-state index in [2.05, 4.69) is 10.3 Å². The number of aliphatic carboxylic acids is 1. The summed E-state index contributed by atoms with van der Waals surface area (Å²) < 4.78 is 0. The second-order valence-electron chi connectivity index (χ2n) is 3.96. The van der Waals surface area contributed by atoms with Gasteiger partial charge < -0.3 is 21.1 Å². The molecule has 0 radical (unpaired) electrons. The second-order valence-corrected chi connectivity index (χ2v) is 3.96. The Labute approximate surface area is 103 Å². The largest absolute Gasteiger partial charge is 0.480 e. The highest BCUT2D eigenvalue weighted by Gasteiger charge is 2.20. The molecule has 2 amide bonds. The number of carbonyl (C=O) groups is 2. The van der Waals surface area contributed by atoms with Crippen molar-refractivity contribution in [1.29, 1.82) is 0 Å². The molecule has 1 aromatic carbocycles. The van der Waals surface area contributed by atoms with Crippen LogP contribution >= 0.6 is 0 Å². The Bertz CT molecular complexity index is 591. The van der Waals surface area contributed by atoms with Crippen LogP contribution in [0.1, 0.15) is 5.56 Å². The zero-order valence-corrected chi connectivity index (χ0v) is 9.51. The first-order valence-corrected chi connectivity index (χ1v) is 5.41. The van der Waals surface area contributed by atoms with Gasteiger partial charge >= 0.3 is 12.0 Å². The van der Waals surface area contributed by atoms with E-state index >= 15 is 0 Å². The molecular formula is C12H13N3O3. The maximum atomic E-state index is 11.0. The Hall–Kier alpha value is -2.50. The molecule has 18 heavy (non-hydrogen) atoms. The SMILES string of the molecule is NC(=O)NC(Cc1c[nH]c2ccccc12)C(=O)O. The fourth-order valence-electron chi connectivity index (χ4n) is 1.89. The van der Waals surface area contributed by atoms with Gasteiger partial charge in [0.2, 0.25) is 0 Å². The molecule has 1 unspecified atom stereocenters. The third kappa shape index (κ3) is 2.42. The van der Waals surface area contributed by atoms with Crippen LogP contribution in [0.25, 0.3) is 10.9 Å². The highest BCUT2D eigenvalue weighted by molar-refractivity contribution is 5.85. The summed E-state index contributed by atoms with van der Waals surface area (Å²) in [6, 6.07) is 5.68. The maximum Gasteiger partial charge on any atom is 0.326 e. The van der Waals surface area contributed by atoms with Crippen molar-refractivity contribution >= 4 is 22.9 Å². The third-order valence-corrected chi connectivity index (χ3v) is 2.71. The van der Waals surface area contributed by atoms with Crippen molar-refractivity contribution in [3.05, 3.63) is 36.0 Å². The zero-order valence-electron chi connectivity index (χ0n) is 9.51. The molecule has 0 spiro atoms. The van der Waals surface area contributed by atoms with Crippen LogP contribution in [0.2, 0.25) is 0 Å². The minimum atomic E-state index is -1.11. The number of carboxylic acid groups (broad SMARTS) is 1. The monoisotopic (exact) mass is 247 g/mol. The van der Waals surface area contributed by atoms with Crippen molar-refractivity contribution in [3.63, 3.8) is 0 Å². The molecule has 0 aliphatic carbocycles. The Morgan fingerprint density at radius 3 is 2.78 bits per heavy atom. The van der Waals surface area contributed by atoms with E-state index in [9.17, 15) is 9.59 Å². The molecule has 1 atom stereocenters. The lowest BCUT2D eigenvalue weighted by atomic mass is 10.1. The van der Waals surface area contributed by atoms with Crippen molar-refractivity contribution in [2.45, 2.75) is 12.5 Å². The Balaban J connectivity index is 2.26. The number of urea groups is 1. The van der Waals surface area contributed by atoms with Gasteiger partial charge in [-0.3, -0.25) is 0 Å². The number of carboxylic acids is 1. The molecule has 6 heteroatoms. The summed E-state index contributed by atoms with van der Waals surface area (Å²) in [7, 11) is 0. The molecule has 1 heterocycles. The first-order chi connectivity index (χ1) is 8.58. The maximum absolute atomic E-state index is 11.0. The summed E-state index contributed by atoms with van der Waals surface area (Å²) in [5.41, 5.74) is 6.70. The van der Waals surface area contributed by atoms with Crippen LogP contribution in [0, 0.1) is 0 Å². The zero-order chi connectivity index (χ0) is 13.1. The number of para-hydroxylation sites is 1. The lowest BCUT2D eigenvalue weighted by Crippen LogP contribution is -2.44. The van der Waals surface area contributed by atoms with Crippen LogP contribution in [0.5, 0.6) is 0 Å². The Morgan fingerprint density at radius 2 is 2.11 bits per heavy atom. The van der Waals surface area contributed by atoms with E-state index in [0.29, 0.717) is 0 Å². The van der Waals surface area contributed by atoms with E-state index in [-0.39, 0.29) is 6.42 Å². The molecule has 2 aromatic rings. The molecule has 0 aliphatic rings. The van der Waals surface area contributed by atoms with Crippen LogP contribution in [0.4, 0.5) is 4.79 Å². The number of aromatic nitrogens is 1. The van der Waals surface area contributed by atoms with E-state index in [1.165, 1.54) is 0 Å². The number of nitrogens with one attached hydrogen (secondary N) is 2. The summed E-state index contributed by atoms with van der Waals surface area (Å²) in [6.45, 7) is 0. The first kappa shape index (κ1) is 12.0. The van der Waals surface area contributed by atoms with Crippen LogP contribution in [0.3, 0.4) is 0 Å². The number of hydrogen-bond donors (Lipinski definition) is 4. The summed E-state index contributed by atoms with van der Waals surface area (Å²) in [5, 5.41) is 12.2. The Morgan fingerprint density at radius 1 is 1.39 bits per heavy atom. The van der Waals surface area contributed by atoms with Crippen molar-refractivity contribution in [2.24, 2.45) is 5.73 Å². The van der Waals surface area contributed by atoms with E-state index in [4.69, 9.17) is 10.8 Å². The smallest absolute Gasteiger partial charge is 0.326 e. The lowest BCUT2D eigenvalue weighted by molar-refractivity contribution is -0.139. The molecule has 6 nitrogen and oxygen atoms in total. The molecular weight excluding hydrogens is 234 g/mol. The molecule has 94 valence electrons. The van der Waals surface area contributed by atoms with Crippen molar-refractivity contribution < 1.29 is 14.7 Å². The van der Waals surface area contributed by atoms with E-state index < -0.39 is 18.0 Å². The molecule has 0 bridgehead atoms. The van der Waals surface area contributed by atoms with Gasteiger partial charge in [0.1, 0.15) is 6.04 Å². The molecule has 0 saturated heterocycles. The van der Waals surface area contributed by atoms with Gasteiger partial charge in [-0.2, -0.15) is 0 Å². The number of aromatic amines is 1. The minimum absolute atomic E-state index is 0.183. The van der Waals surface area contributed by atoms with Gasteiger partial charge in [0.15, 0.2) is 0 Å². The fraction of sp³-hybridized carbons (Fsp3) is 0.167. The van der Waals surface area contributed by atoms with Gasteiger partial charge in [0, 0.05) is 23.5 Å². The van der Waals surface area contributed by atoms with Crippen LogP contribution in [-0.2, 0) is 11.2 Å². The standard InChI is InChI=1S/C12H13N3O3/c13-12(18)15-10(11(16)17)5-7-6-14-9-4-2-1-3-8(7)9/h1-4,6,10,14H,5H2,(H,16,17)(H3,13,15,18). The van der Waals surface area contributed by atoms with Crippen molar-refractivity contribution in [1.82, 2.24) is 10.3 Å². The lowest BCUT2D eigenvalue weighted by Gasteiger charge is -2.12. The molecule has 0 saturated carbocycles. The summed E-state index contributed by atoms with van der Waals surface area (Å²) >= 11 is 0. The highest BCUT2D eigenvalue weighted by atomic mass is 16.4. The van der Waals surface area contributed by atoms with E-state index in [1.54, 1.807) is 6.20 Å². The number of primary amides is 1. The number of fused-ring (bicyclic) bond motifs is 1. The van der Waals surface area contributed by atoms with Gasteiger partial charge in [-0.25, -0.2) is 9.59 Å². The fourth-order valence-corrected chi connectivity index (χ4v) is 1.89. The first-order valence-electron chi connectivity index (χ1n) is 5.41. The molecule has 5 N–H and O–H groups in total. The van der Waals surface area contributed by atoms with Gasteiger partial charge in [-0.1, -0.05) is 18.2 Å². The highest BCUT2D eigenvalue weighted by Crippen LogP contribution is 2.19. The second kappa shape index (κ2) is 4.79. The van der Waals surface area contributed by atoms with E-state index in [1.807, 2.05) is 24.3 Å². The third-order valence-electron chi connectivity index (χ3n) is 2.71. The van der Waals surface area contributed by atoms with Crippen molar-refractivity contribution in [3.8, 4) is 0 Å². The minimum Gasteiger partial charge on any atom is -0.480 e. The molecule has 0 fully saturated rings. The number of benzene rings is 1. The summed E-state index contributed by atoms with van der Waals surface area (Å²) in [6.07, 6.45) is 1.92. The number of hydrogen-bond acceptors (Lipinski definition) is 2. The predicted octanol–water partition coefficient (Wildman–Crippen LogP) is 0.832. The van der Waals surface area contributed by atoms with E-state index in [0.717, 1.165) is 16.5 Å². The van der Waals surface area contributed by atoms with Gasteiger partial charge in [0.25, 0.3) is 0 Å². The van der Waals surface area contributed by atoms with Gasteiger partial charge in [0.05, 0.1) is 0 Å². The number of amides is 2. The van der Waals surface area contributed by atoms with Gasteiger partial charge in [-0.05, 0) is 11.6 Å². The van der Waals surface area contributed by atoms with Crippen molar-refractivity contribution in [2.75, 3.05) is 0 Å². The number of carbonyl (C=O) groups excluding carboxylic acids is 1. The van der Waals surface area contributed by atoms with Crippen LogP contribution < -0.4 is 11.1 Å². The average Bonchev–Trinajstić information content (AvgIpc) is 2.71.